The topological polar surface area (TPSA) is 54.5 Å². The number of anilines is 1. The highest BCUT2D eigenvalue weighted by Gasteiger charge is 2.31. The van der Waals surface area contributed by atoms with Crippen LogP contribution in [0.4, 0.5) is 5.69 Å². The molecule has 4 nitrogen and oxygen atoms in total. The molecule has 1 atom stereocenters. The van der Waals surface area contributed by atoms with Crippen molar-refractivity contribution < 1.29 is 13.2 Å². The van der Waals surface area contributed by atoms with E-state index in [9.17, 15) is 13.2 Å². The van der Waals surface area contributed by atoms with E-state index in [4.69, 9.17) is 0 Å². The molecule has 2 aromatic rings. The summed E-state index contributed by atoms with van der Waals surface area (Å²) in [5.41, 5.74) is 3.41. The second-order valence-corrected chi connectivity index (χ2v) is 8.26. The van der Waals surface area contributed by atoms with E-state index >= 15 is 0 Å². The number of rotatable bonds is 3. The van der Waals surface area contributed by atoms with Crippen LogP contribution in [-0.4, -0.2) is 26.6 Å². The lowest BCUT2D eigenvalue weighted by atomic mass is 10.1. The largest absolute Gasteiger partial charge is 0.305 e. The molecular weight excluding hydrogens is 310 g/mol. The number of hydrogen-bond acceptors (Lipinski definition) is 3. The maximum absolute atomic E-state index is 12.8. The first-order valence-electron chi connectivity index (χ1n) is 7.53. The monoisotopic (exact) mass is 329 g/mol. The fourth-order valence-electron chi connectivity index (χ4n) is 3.06. The highest BCUT2D eigenvalue weighted by atomic mass is 32.2. The van der Waals surface area contributed by atoms with Crippen LogP contribution in [0.5, 0.6) is 0 Å². The van der Waals surface area contributed by atoms with Gasteiger partial charge in [-0.1, -0.05) is 30.3 Å². The number of hydrogen-bond donors (Lipinski definition) is 0. The van der Waals surface area contributed by atoms with Gasteiger partial charge in [0.15, 0.2) is 9.84 Å². The molecule has 0 aliphatic carbocycles. The van der Waals surface area contributed by atoms with Crippen LogP contribution >= 0.6 is 0 Å². The summed E-state index contributed by atoms with van der Waals surface area (Å²) in [6, 6.07) is 14.9. The van der Waals surface area contributed by atoms with Crippen LogP contribution in [-0.2, 0) is 22.0 Å². The van der Waals surface area contributed by atoms with Crippen molar-refractivity contribution in [3.8, 4) is 0 Å². The van der Waals surface area contributed by atoms with E-state index in [0.29, 0.717) is 11.1 Å². The molecule has 0 unspecified atom stereocenters. The Bertz CT molecular complexity index is 841. The van der Waals surface area contributed by atoms with Crippen molar-refractivity contribution >= 4 is 21.4 Å². The third kappa shape index (κ3) is 3.29. The van der Waals surface area contributed by atoms with E-state index in [0.717, 1.165) is 12.1 Å². The molecule has 0 N–H and O–H groups in total. The number of fused-ring (bicyclic) bond motifs is 1. The number of carbonyl (C=O) groups is 1. The first-order chi connectivity index (χ1) is 10.8. The molecule has 1 amide bonds. The number of amides is 1. The summed E-state index contributed by atoms with van der Waals surface area (Å²) in [5.74, 6) is -0.0573. The minimum atomic E-state index is -3.07. The predicted molar refractivity (Wildman–Crippen MR) is 91.4 cm³/mol. The summed E-state index contributed by atoms with van der Waals surface area (Å²) in [6.45, 7) is 2.04. The van der Waals surface area contributed by atoms with Crippen molar-refractivity contribution in [3.05, 3.63) is 65.2 Å². The second kappa shape index (κ2) is 5.81. The van der Waals surface area contributed by atoms with Crippen molar-refractivity contribution in [1.29, 1.82) is 0 Å². The van der Waals surface area contributed by atoms with E-state index in [-0.39, 0.29) is 17.7 Å². The van der Waals surface area contributed by atoms with Gasteiger partial charge in [0.25, 0.3) is 5.91 Å². The zero-order valence-corrected chi connectivity index (χ0v) is 14.0. The minimum Gasteiger partial charge on any atom is -0.305 e. The van der Waals surface area contributed by atoms with Gasteiger partial charge in [-0.05, 0) is 42.7 Å². The SMILES string of the molecule is C[C@@H]1Cc2ccccc2N1C(=O)c1ccc(CS(C)(=O)=O)cc1. The molecule has 2 aromatic carbocycles. The molecule has 0 saturated heterocycles. The van der Waals surface area contributed by atoms with Gasteiger partial charge in [0.05, 0.1) is 5.75 Å². The lowest BCUT2D eigenvalue weighted by molar-refractivity contribution is 0.0981. The lowest BCUT2D eigenvalue weighted by Gasteiger charge is -2.23. The Morgan fingerprint density at radius 1 is 1.13 bits per heavy atom. The number of para-hydroxylation sites is 1. The van der Waals surface area contributed by atoms with Gasteiger partial charge in [-0.3, -0.25) is 4.79 Å². The number of nitrogens with zero attached hydrogens (tertiary/aromatic N) is 1. The van der Waals surface area contributed by atoms with E-state index in [1.165, 1.54) is 11.8 Å². The highest BCUT2D eigenvalue weighted by Crippen LogP contribution is 2.33. The molecule has 1 aliphatic rings. The van der Waals surface area contributed by atoms with Crippen molar-refractivity contribution in [3.63, 3.8) is 0 Å². The van der Waals surface area contributed by atoms with Crippen LogP contribution < -0.4 is 4.90 Å². The summed E-state index contributed by atoms with van der Waals surface area (Å²) in [4.78, 5) is 14.6. The van der Waals surface area contributed by atoms with Gasteiger partial charge in [-0.2, -0.15) is 0 Å². The van der Waals surface area contributed by atoms with Gasteiger partial charge in [0.2, 0.25) is 0 Å². The Kier molecular flexibility index (Phi) is 3.98. The Hall–Kier alpha value is -2.14. The third-order valence-electron chi connectivity index (χ3n) is 4.06. The Morgan fingerprint density at radius 3 is 2.43 bits per heavy atom. The van der Waals surface area contributed by atoms with Gasteiger partial charge in [0, 0.05) is 23.5 Å². The fourth-order valence-corrected chi connectivity index (χ4v) is 3.86. The molecule has 0 saturated carbocycles. The molecule has 0 aromatic heterocycles. The van der Waals surface area contributed by atoms with E-state index in [1.54, 1.807) is 24.3 Å². The van der Waals surface area contributed by atoms with Crippen LogP contribution in [0, 0.1) is 0 Å². The number of sulfone groups is 1. The highest BCUT2D eigenvalue weighted by molar-refractivity contribution is 7.89. The molecule has 5 heteroatoms. The zero-order valence-electron chi connectivity index (χ0n) is 13.2. The molecule has 0 bridgehead atoms. The average molecular weight is 329 g/mol. The normalized spacial score (nSPS) is 17.1. The van der Waals surface area contributed by atoms with Crippen molar-refractivity contribution in [2.75, 3.05) is 11.2 Å². The first-order valence-corrected chi connectivity index (χ1v) is 9.59. The summed E-state index contributed by atoms with van der Waals surface area (Å²) in [6.07, 6.45) is 2.06. The van der Waals surface area contributed by atoms with E-state index in [1.807, 2.05) is 36.1 Å². The fraction of sp³-hybridized carbons (Fsp3) is 0.278. The summed E-state index contributed by atoms with van der Waals surface area (Å²) in [7, 11) is -3.07. The number of benzene rings is 2. The van der Waals surface area contributed by atoms with Crippen molar-refractivity contribution in [2.24, 2.45) is 0 Å². The van der Waals surface area contributed by atoms with E-state index < -0.39 is 9.84 Å². The Morgan fingerprint density at radius 2 is 1.78 bits per heavy atom. The molecule has 0 spiro atoms. The van der Waals surface area contributed by atoms with Crippen LogP contribution in [0.2, 0.25) is 0 Å². The van der Waals surface area contributed by atoms with Crippen LogP contribution in [0.15, 0.2) is 48.5 Å². The molecule has 120 valence electrons. The molecule has 1 heterocycles. The van der Waals surface area contributed by atoms with Crippen molar-refractivity contribution in [1.82, 2.24) is 0 Å². The minimum absolute atomic E-state index is 0.00950. The average Bonchev–Trinajstić information content (AvgIpc) is 2.81. The third-order valence-corrected chi connectivity index (χ3v) is 4.91. The van der Waals surface area contributed by atoms with Crippen molar-refractivity contribution in [2.45, 2.75) is 25.1 Å². The zero-order chi connectivity index (χ0) is 16.6. The molecule has 1 aliphatic heterocycles. The molecule has 23 heavy (non-hydrogen) atoms. The van der Waals surface area contributed by atoms with E-state index in [2.05, 4.69) is 0 Å². The quantitative estimate of drug-likeness (QED) is 0.870. The Balaban J connectivity index is 1.86. The van der Waals surface area contributed by atoms with Crippen LogP contribution in [0.3, 0.4) is 0 Å². The molecule has 0 fully saturated rings. The molecule has 3 rings (SSSR count). The summed E-state index contributed by atoms with van der Waals surface area (Å²) in [5, 5.41) is 0. The van der Waals surface area contributed by atoms with Gasteiger partial charge in [-0.25, -0.2) is 8.42 Å². The lowest BCUT2D eigenvalue weighted by Crippen LogP contribution is -2.35. The predicted octanol–water partition coefficient (Wildman–Crippen LogP) is 2.82. The number of carbonyl (C=O) groups excluding carboxylic acids is 1. The van der Waals surface area contributed by atoms with Gasteiger partial charge in [-0.15, -0.1) is 0 Å². The molecular formula is C18H19NO3S. The smallest absolute Gasteiger partial charge is 0.258 e. The molecule has 0 radical (unpaired) electrons. The first kappa shape index (κ1) is 15.7. The van der Waals surface area contributed by atoms with Gasteiger partial charge in [0.1, 0.15) is 0 Å². The maximum atomic E-state index is 12.8. The standard InChI is InChI=1S/C18H19NO3S/c1-13-11-16-5-3-4-6-17(16)19(13)18(20)15-9-7-14(8-10-15)12-23(2,21)22/h3-10,13H,11-12H2,1-2H3/t13-/m1/s1. The maximum Gasteiger partial charge on any atom is 0.258 e. The van der Waals surface area contributed by atoms with Gasteiger partial charge < -0.3 is 4.90 Å². The van der Waals surface area contributed by atoms with Crippen LogP contribution in [0.1, 0.15) is 28.4 Å². The van der Waals surface area contributed by atoms with Crippen LogP contribution in [0.25, 0.3) is 0 Å². The summed E-state index contributed by atoms with van der Waals surface area (Å²) < 4.78 is 22.7. The Labute approximate surface area is 136 Å². The second-order valence-electron chi connectivity index (χ2n) is 6.12. The summed E-state index contributed by atoms with van der Waals surface area (Å²) >= 11 is 0. The van der Waals surface area contributed by atoms with Gasteiger partial charge >= 0.3 is 0 Å².